The summed E-state index contributed by atoms with van der Waals surface area (Å²) < 4.78 is 34.3. The molecular formula is C32H40N2O8. The minimum atomic E-state index is -0.349. The van der Waals surface area contributed by atoms with E-state index in [0.29, 0.717) is 96.6 Å². The SMILES string of the molecule is CCOc1cc(C(=O)Nc2ccc(NC(=O)c3cc(OCC)c(OCC)c(OCC)c3)cc2)cc(OCC)c1OCC. The normalized spacial score (nSPS) is 10.4. The molecule has 0 saturated heterocycles. The van der Waals surface area contributed by atoms with Crippen molar-refractivity contribution in [3.05, 3.63) is 59.7 Å². The summed E-state index contributed by atoms with van der Waals surface area (Å²) >= 11 is 0. The predicted molar refractivity (Wildman–Crippen MR) is 162 cm³/mol. The van der Waals surface area contributed by atoms with Crippen LogP contribution in [0, 0.1) is 0 Å². The van der Waals surface area contributed by atoms with Crippen molar-refractivity contribution in [2.45, 2.75) is 41.5 Å². The fourth-order valence-corrected chi connectivity index (χ4v) is 4.08. The number of carbonyl (C=O) groups is 2. The number of hydrogen-bond acceptors (Lipinski definition) is 8. The van der Waals surface area contributed by atoms with Crippen molar-refractivity contribution >= 4 is 23.2 Å². The van der Waals surface area contributed by atoms with E-state index in [1.165, 1.54) is 0 Å². The molecule has 3 aromatic rings. The number of rotatable bonds is 16. The van der Waals surface area contributed by atoms with Crippen LogP contribution in [0.2, 0.25) is 0 Å². The van der Waals surface area contributed by atoms with Gasteiger partial charge in [0.15, 0.2) is 23.0 Å². The lowest BCUT2D eigenvalue weighted by Crippen LogP contribution is -2.14. The molecule has 0 aliphatic carbocycles. The molecule has 10 heteroatoms. The van der Waals surface area contributed by atoms with Gasteiger partial charge in [0.05, 0.1) is 39.6 Å². The van der Waals surface area contributed by atoms with E-state index in [1.807, 2.05) is 41.5 Å². The Balaban J connectivity index is 1.77. The molecule has 3 aromatic carbocycles. The standard InChI is InChI=1S/C32H40N2O8/c1-7-37-25-17-21(18-26(38-8-2)29(25)41-11-5)31(35)33-23-13-15-24(16-14-23)34-32(36)22-19-27(39-9-3)30(42-12-6)28(20-22)40-10-4/h13-20H,7-12H2,1-6H3,(H,33,35)(H,34,36). The van der Waals surface area contributed by atoms with Crippen LogP contribution in [0.25, 0.3) is 0 Å². The van der Waals surface area contributed by atoms with Gasteiger partial charge in [-0.3, -0.25) is 9.59 Å². The Kier molecular flexibility index (Phi) is 12.2. The lowest BCUT2D eigenvalue weighted by atomic mass is 10.1. The first-order valence-electron chi connectivity index (χ1n) is 14.2. The highest BCUT2D eigenvalue weighted by atomic mass is 16.5. The maximum absolute atomic E-state index is 13.1. The van der Waals surface area contributed by atoms with Gasteiger partial charge < -0.3 is 39.1 Å². The molecule has 0 fully saturated rings. The minimum Gasteiger partial charge on any atom is -0.490 e. The quantitative estimate of drug-likeness (QED) is 0.195. The fourth-order valence-electron chi connectivity index (χ4n) is 4.08. The molecule has 226 valence electrons. The summed E-state index contributed by atoms with van der Waals surface area (Å²) in [5.41, 5.74) is 1.80. The second kappa shape index (κ2) is 16.0. The van der Waals surface area contributed by atoms with Crippen molar-refractivity contribution in [2.75, 3.05) is 50.3 Å². The number of amides is 2. The van der Waals surface area contributed by atoms with E-state index in [-0.39, 0.29) is 11.8 Å². The summed E-state index contributed by atoms with van der Waals surface area (Å²) in [6, 6.07) is 13.3. The van der Waals surface area contributed by atoms with Crippen LogP contribution in [0.5, 0.6) is 34.5 Å². The van der Waals surface area contributed by atoms with Crippen LogP contribution in [-0.4, -0.2) is 51.5 Å². The molecular weight excluding hydrogens is 540 g/mol. The molecule has 0 aliphatic heterocycles. The summed E-state index contributed by atoms with van der Waals surface area (Å²) in [7, 11) is 0. The monoisotopic (exact) mass is 580 g/mol. The van der Waals surface area contributed by atoms with Gasteiger partial charge in [-0.05, 0) is 90.1 Å². The zero-order chi connectivity index (χ0) is 30.5. The van der Waals surface area contributed by atoms with Crippen molar-refractivity contribution in [1.29, 1.82) is 0 Å². The lowest BCUT2D eigenvalue weighted by molar-refractivity contribution is 0.101. The Morgan fingerprint density at radius 1 is 0.476 bits per heavy atom. The van der Waals surface area contributed by atoms with Crippen LogP contribution in [0.3, 0.4) is 0 Å². The maximum atomic E-state index is 13.1. The van der Waals surface area contributed by atoms with Gasteiger partial charge in [0.2, 0.25) is 11.5 Å². The molecule has 2 N–H and O–H groups in total. The molecule has 0 bridgehead atoms. The Morgan fingerprint density at radius 2 is 0.738 bits per heavy atom. The molecule has 0 saturated carbocycles. The summed E-state index contributed by atoms with van der Waals surface area (Å²) in [5, 5.41) is 5.74. The number of anilines is 2. The molecule has 10 nitrogen and oxygen atoms in total. The maximum Gasteiger partial charge on any atom is 0.255 e. The number of carbonyl (C=O) groups excluding carboxylic acids is 2. The third-order valence-electron chi connectivity index (χ3n) is 5.74. The van der Waals surface area contributed by atoms with E-state index in [0.717, 1.165) is 0 Å². The van der Waals surface area contributed by atoms with Gasteiger partial charge in [0.25, 0.3) is 11.8 Å². The molecule has 0 spiro atoms. The first-order valence-corrected chi connectivity index (χ1v) is 14.2. The highest BCUT2D eigenvalue weighted by molar-refractivity contribution is 6.06. The largest absolute Gasteiger partial charge is 0.490 e. The number of hydrogen-bond donors (Lipinski definition) is 2. The van der Waals surface area contributed by atoms with Gasteiger partial charge >= 0.3 is 0 Å². The molecule has 0 aliphatic rings. The predicted octanol–water partition coefficient (Wildman–Crippen LogP) is 6.58. The minimum absolute atomic E-state index is 0.349. The van der Waals surface area contributed by atoms with Crippen LogP contribution >= 0.6 is 0 Å². The molecule has 3 rings (SSSR count). The second-order valence-electron chi connectivity index (χ2n) is 8.69. The Bertz CT molecular complexity index is 1180. The fraction of sp³-hybridized carbons (Fsp3) is 0.375. The van der Waals surface area contributed by atoms with Gasteiger partial charge in [0, 0.05) is 22.5 Å². The Morgan fingerprint density at radius 3 is 0.976 bits per heavy atom. The number of nitrogens with one attached hydrogen (secondary N) is 2. The lowest BCUT2D eigenvalue weighted by Gasteiger charge is -2.17. The smallest absolute Gasteiger partial charge is 0.255 e. The van der Waals surface area contributed by atoms with Crippen LogP contribution in [0.4, 0.5) is 11.4 Å². The zero-order valence-electron chi connectivity index (χ0n) is 25.1. The summed E-state index contributed by atoms with van der Waals surface area (Å²) in [6.45, 7) is 13.6. The van der Waals surface area contributed by atoms with Crippen LogP contribution < -0.4 is 39.1 Å². The van der Waals surface area contributed by atoms with Crippen LogP contribution in [-0.2, 0) is 0 Å². The summed E-state index contributed by atoms with van der Waals surface area (Å²) in [4.78, 5) is 26.2. The summed E-state index contributed by atoms with van der Waals surface area (Å²) in [5.74, 6) is 1.96. The molecule has 0 unspecified atom stereocenters. The van der Waals surface area contributed by atoms with Crippen molar-refractivity contribution < 1.29 is 38.0 Å². The van der Waals surface area contributed by atoms with Gasteiger partial charge in [-0.25, -0.2) is 0 Å². The molecule has 0 radical (unpaired) electrons. The Hall–Kier alpha value is -4.60. The van der Waals surface area contributed by atoms with E-state index in [9.17, 15) is 9.59 Å². The van der Waals surface area contributed by atoms with Gasteiger partial charge in [0.1, 0.15) is 0 Å². The third kappa shape index (κ3) is 8.22. The average Bonchev–Trinajstić information content (AvgIpc) is 2.97. The molecule has 2 amide bonds. The highest BCUT2D eigenvalue weighted by Crippen LogP contribution is 2.40. The van der Waals surface area contributed by atoms with Crippen molar-refractivity contribution in [3.8, 4) is 34.5 Å². The first kappa shape index (κ1) is 31.9. The van der Waals surface area contributed by atoms with Crippen molar-refractivity contribution in [3.63, 3.8) is 0 Å². The van der Waals surface area contributed by atoms with Gasteiger partial charge in [-0.2, -0.15) is 0 Å². The molecule has 42 heavy (non-hydrogen) atoms. The van der Waals surface area contributed by atoms with E-state index >= 15 is 0 Å². The van der Waals surface area contributed by atoms with Crippen molar-refractivity contribution in [1.82, 2.24) is 0 Å². The van der Waals surface area contributed by atoms with E-state index in [4.69, 9.17) is 28.4 Å². The van der Waals surface area contributed by atoms with Crippen molar-refractivity contribution in [2.24, 2.45) is 0 Å². The first-order chi connectivity index (χ1) is 20.4. The summed E-state index contributed by atoms with van der Waals surface area (Å²) in [6.07, 6.45) is 0. The Labute approximate surface area is 247 Å². The average molecular weight is 581 g/mol. The number of benzene rings is 3. The van der Waals surface area contributed by atoms with E-state index in [1.54, 1.807) is 48.5 Å². The van der Waals surface area contributed by atoms with Gasteiger partial charge in [-0.15, -0.1) is 0 Å². The third-order valence-corrected chi connectivity index (χ3v) is 5.74. The topological polar surface area (TPSA) is 114 Å². The van der Waals surface area contributed by atoms with E-state index < -0.39 is 0 Å². The molecule has 0 aromatic heterocycles. The van der Waals surface area contributed by atoms with Crippen LogP contribution in [0.15, 0.2) is 48.5 Å². The van der Waals surface area contributed by atoms with E-state index in [2.05, 4.69) is 10.6 Å². The van der Waals surface area contributed by atoms with Gasteiger partial charge in [-0.1, -0.05) is 0 Å². The zero-order valence-corrected chi connectivity index (χ0v) is 25.1. The second-order valence-corrected chi connectivity index (χ2v) is 8.69. The number of ether oxygens (including phenoxy) is 6. The molecule has 0 atom stereocenters. The highest BCUT2D eigenvalue weighted by Gasteiger charge is 2.20. The van der Waals surface area contributed by atoms with Crippen LogP contribution in [0.1, 0.15) is 62.3 Å². The molecule has 0 heterocycles.